The third kappa shape index (κ3) is 3.18. The van der Waals surface area contributed by atoms with Gasteiger partial charge >= 0.3 is 6.09 Å². The molecule has 0 saturated carbocycles. The first-order valence-corrected chi connectivity index (χ1v) is 5.05. The van der Waals surface area contributed by atoms with E-state index >= 15 is 0 Å². The molecule has 3 unspecified atom stereocenters. The predicted molar refractivity (Wildman–Crippen MR) is 55.0 cm³/mol. The highest BCUT2D eigenvalue weighted by atomic mass is 16.6. The predicted octanol–water partition coefficient (Wildman–Crippen LogP) is 1.34. The number of primary amides is 1. The highest BCUT2D eigenvalue weighted by Gasteiger charge is 2.50. The van der Waals surface area contributed by atoms with E-state index < -0.39 is 11.7 Å². The van der Waals surface area contributed by atoms with Crippen LogP contribution in [0, 0.1) is 0 Å². The molecule has 4 heteroatoms. The second-order valence-corrected chi connectivity index (χ2v) is 4.87. The number of carbonyl (C=O) groups is 1. The van der Waals surface area contributed by atoms with Gasteiger partial charge < -0.3 is 10.5 Å². The van der Waals surface area contributed by atoms with Crippen LogP contribution < -0.4 is 5.73 Å². The SMILES string of the molecule is CC(C)(C)OC(N)=O.CC1C2CCN12. The summed E-state index contributed by atoms with van der Waals surface area (Å²) in [6.45, 7) is 8.97. The van der Waals surface area contributed by atoms with Crippen molar-refractivity contribution in [3.05, 3.63) is 0 Å². The van der Waals surface area contributed by atoms with Gasteiger partial charge in [-0.1, -0.05) is 0 Å². The Morgan fingerprint density at radius 3 is 2.00 bits per heavy atom. The summed E-state index contributed by atoms with van der Waals surface area (Å²) in [6, 6.07) is 2.00. The van der Waals surface area contributed by atoms with Crippen LogP contribution in [-0.4, -0.2) is 35.2 Å². The Kier molecular flexibility index (Phi) is 3.04. The van der Waals surface area contributed by atoms with Crippen molar-refractivity contribution in [3.63, 3.8) is 0 Å². The number of amides is 1. The molecule has 1 amide bonds. The molecule has 0 spiro atoms. The number of rotatable bonds is 0. The van der Waals surface area contributed by atoms with Crippen molar-refractivity contribution >= 4 is 6.09 Å². The van der Waals surface area contributed by atoms with Crippen LogP contribution in [0.1, 0.15) is 34.1 Å². The molecule has 3 atom stereocenters. The zero-order valence-electron chi connectivity index (χ0n) is 9.41. The van der Waals surface area contributed by atoms with Gasteiger partial charge in [0.1, 0.15) is 5.60 Å². The fourth-order valence-electron chi connectivity index (χ4n) is 1.65. The number of hydrogen-bond donors (Lipinski definition) is 1. The summed E-state index contributed by atoms with van der Waals surface area (Å²) in [6.07, 6.45) is 0.749. The number of nitrogens with two attached hydrogens (primary N) is 1. The maximum Gasteiger partial charge on any atom is 0.405 e. The van der Waals surface area contributed by atoms with Crippen molar-refractivity contribution < 1.29 is 9.53 Å². The average Bonchev–Trinajstić information content (AvgIpc) is 2.20. The lowest BCUT2D eigenvalue weighted by molar-refractivity contribution is 0.0600. The molecule has 82 valence electrons. The zero-order valence-corrected chi connectivity index (χ0v) is 9.41. The zero-order chi connectivity index (χ0) is 10.9. The first kappa shape index (κ1) is 11.3. The van der Waals surface area contributed by atoms with E-state index in [4.69, 9.17) is 5.73 Å². The van der Waals surface area contributed by atoms with E-state index in [1.807, 2.05) is 0 Å². The smallest absolute Gasteiger partial charge is 0.405 e. The molecule has 14 heavy (non-hydrogen) atoms. The second kappa shape index (κ2) is 3.77. The molecule has 0 aromatic carbocycles. The van der Waals surface area contributed by atoms with Crippen LogP contribution in [0.5, 0.6) is 0 Å². The van der Waals surface area contributed by atoms with Gasteiger partial charge in [-0.05, 0) is 34.1 Å². The van der Waals surface area contributed by atoms with Crippen LogP contribution in [0.4, 0.5) is 4.79 Å². The molecule has 2 fully saturated rings. The van der Waals surface area contributed by atoms with Crippen molar-refractivity contribution in [2.75, 3.05) is 6.54 Å². The Hall–Kier alpha value is -0.770. The third-order valence-electron chi connectivity index (χ3n) is 2.51. The number of hydrogen-bond acceptors (Lipinski definition) is 3. The van der Waals surface area contributed by atoms with Gasteiger partial charge in [-0.15, -0.1) is 0 Å². The van der Waals surface area contributed by atoms with E-state index in [0.29, 0.717) is 0 Å². The minimum Gasteiger partial charge on any atom is -0.444 e. The molecular weight excluding hydrogens is 180 g/mol. The van der Waals surface area contributed by atoms with Crippen molar-refractivity contribution in [1.82, 2.24) is 4.90 Å². The lowest BCUT2D eigenvalue weighted by Crippen LogP contribution is -2.27. The van der Waals surface area contributed by atoms with Crippen LogP contribution in [0.3, 0.4) is 0 Å². The second-order valence-electron chi connectivity index (χ2n) is 4.87. The lowest BCUT2D eigenvalue weighted by atomic mass is 10.2. The van der Waals surface area contributed by atoms with Gasteiger partial charge in [0.15, 0.2) is 0 Å². The van der Waals surface area contributed by atoms with Crippen LogP contribution in [0.15, 0.2) is 0 Å². The largest absolute Gasteiger partial charge is 0.444 e. The maximum absolute atomic E-state index is 10.0. The van der Waals surface area contributed by atoms with Crippen LogP contribution in [0.25, 0.3) is 0 Å². The van der Waals surface area contributed by atoms with E-state index in [1.165, 1.54) is 13.0 Å². The highest BCUT2D eigenvalue weighted by molar-refractivity contribution is 5.65. The van der Waals surface area contributed by atoms with Crippen molar-refractivity contribution in [1.29, 1.82) is 0 Å². The highest BCUT2D eigenvalue weighted by Crippen LogP contribution is 2.39. The number of fused-ring (bicyclic) bond motifs is 1. The number of nitrogens with zero attached hydrogens (tertiary/aromatic N) is 1. The van der Waals surface area contributed by atoms with E-state index in [-0.39, 0.29) is 0 Å². The summed E-state index contributed by atoms with van der Waals surface area (Å²) in [7, 11) is 0. The van der Waals surface area contributed by atoms with Crippen LogP contribution >= 0.6 is 0 Å². The maximum atomic E-state index is 10.0. The molecule has 2 rings (SSSR count). The van der Waals surface area contributed by atoms with Gasteiger partial charge in [0.2, 0.25) is 0 Å². The minimum absolute atomic E-state index is 0.453. The molecule has 0 bridgehead atoms. The molecule has 2 N–H and O–H groups in total. The van der Waals surface area contributed by atoms with Gasteiger partial charge in [-0.25, -0.2) is 4.79 Å². The summed E-state index contributed by atoms with van der Waals surface area (Å²) in [5.74, 6) is 0. The molecule has 0 aromatic rings. The monoisotopic (exact) mass is 200 g/mol. The summed E-state index contributed by atoms with van der Waals surface area (Å²) >= 11 is 0. The molecule has 2 heterocycles. The summed E-state index contributed by atoms with van der Waals surface area (Å²) in [4.78, 5) is 12.5. The molecule has 2 aliphatic heterocycles. The normalized spacial score (nSPS) is 33.0. The Bertz CT molecular complexity index is 206. The Morgan fingerprint density at radius 1 is 1.50 bits per heavy atom. The molecule has 2 aliphatic rings. The van der Waals surface area contributed by atoms with Crippen molar-refractivity contribution in [2.45, 2.75) is 51.8 Å². The minimum atomic E-state index is -0.725. The standard InChI is InChI=1S/C5H11NO2.C5H9N/c1-5(2,3)8-4(6)7;1-4-5-2-3-6(4)5/h1-3H3,(H2,6,7);4-5H,2-3H2,1H3. The molecule has 0 aromatic heterocycles. The molecule has 0 radical (unpaired) electrons. The van der Waals surface area contributed by atoms with E-state index in [0.717, 1.165) is 12.1 Å². The summed E-state index contributed by atoms with van der Waals surface area (Å²) < 4.78 is 4.58. The van der Waals surface area contributed by atoms with Gasteiger partial charge in [-0.3, -0.25) is 4.90 Å². The number of carbonyl (C=O) groups excluding carboxylic acids is 1. The van der Waals surface area contributed by atoms with Crippen molar-refractivity contribution in [3.8, 4) is 0 Å². The fraction of sp³-hybridized carbons (Fsp3) is 0.900. The first-order valence-electron chi connectivity index (χ1n) is 5.05. The molecular formula is C10H20N2O2. The fourth-order valence-corrected chi connectivity index (χ4v) is 1.65. The lowest BCUT2D eigenvalue weighted by Gasteiger charge is -2.16. The quantitative estimate of drug-likeness (QED) is 0.600. The average molecular weight is 200 g/mol. The molecule has 2 saturated heterocycles. The summed E-state index contributed by atoms with van der Waals surface area (Å²) in [5, 5.41) is 0. The molecule has 4 nitrogen and oxygen atoms in total. The third-order valence-corrected chi connectivity index (χ3v) is 2.51. The Balaban J connectivity index is 0.000000143. The van der Waals surface area contributed by atoms with Gasteiger partial charge in [-0.2, -0.15) is 0 Å². The summed E-state index contributed by atoms with van der Waals surface area (Å²) in [5.41, 5.74) is 4.26. The van der Waals surface area contributed by atoms with E-state index in [1.54, 1.807) is 20.8 Å². The topological polar surface area (TPSA) is 55.3 Å². The van der Waals surface area contributed by atoms with Gasteiger partial charge in [0, 0.05) is 18.6 Å². The van der Waals surface area contributed by atoms with Crippen LogP contribution in [0.2, 0.25) is 0 Å². The van der Waals surface area contributed by atoms with Gasteiger partial charge in [0.05, 0.1) is 0 Å². The Morgan fingerprint density at radius 2 is 2.00 bits per heavy atom. The number of ether oxygens (including phenoxy) is 1. The Labute approximate surface area is 85.4 Å². The van der Waals surface area contributed by atoms with Crippen molar-refractivity contribution in [2.24, 2.45) is 5.73 Å². The molecule has 0 aliphatic carbocycles. The van der Waals surface area contributed by atoms with E-state index in [9.17, 15) is 4.79 Å². The van der Waals surface area contributed by atoms with Crippen LogP contribution in [-0.2, 0) is 4.74 Å². The first-order chi connectivity index (χ1) is 6.31. The van der Waals surface area contributed by atoms with Gasteiger partial charge in [0.25, 0.3) is 0 Å². The van der Waals surface area contributed by atoms with E-state index in [2.05, 4.69) is 16.6 Å².